The summed E-state index contributed by atoms with van der Waals surface area (Å²) in [5, 5.41) is 8.01. The first kappa shape index (κ1) is 22.7. The highest BCUT2D eigenvalue weighted by Gasteiger charge is 2.15. The minimum absolute atomic E-state index is 0.0351. The van der Waals surface area contributed by atoms with E-state index in [0.717, 1.165) is 11.1 Å². The van der Waals surface area contributed by atoms with Crippen LogP contribution in [0.2, 0.25) is 0 Å². The normalized spacial score (nSPS) is 12.5. The first-order valence-electron chi connectivity index (χ1n) is 8.95. The van der Waals surface area contributed by atoms with Crippen LogP contribution in [0.5, 0.6) is 11.5 Å². The Morgan fingerprint density at radius 3 is 2.34 bits per heavy atom. The molecule has 0 bridgehead atoms. The maximum Gasteiger partial charge on any atom is 0.238 e. The van der Waals surface area contributed by atoms with Gasteiger partial charge in [-0.1, -0.05) is 18.2 Å². The molecule has 0 aliphatic rings. The molecule has 0 aliphatic carbocycles. The Balaban J connectivity index is 1.94. The molecule has 0 saturated carbocycles. The SMILES string of the molecule is COc1ccc(CN(C)CC(=O)N[C@H](C)c2ccc(S(N)(=O)=O)cc2)c(OC)c1. The smallest absolute Gasteiger partial charge is 0.238 e. The number of sulfonamides is 1. The minimum atomic E-state index is -3.74. The number of ether oxygens (including phenoxy) is 2. The van der Waals surface area contributed by atoms with Gasteiger partial charge in [-0.2, -0.15) is 0 Å². The molecule has 2 aromatic carbocycles. The summed E-state index contributed by atoms with van der Waals surface area (Å²) in [6.45, 7) is 2.54. The summed E-state index contributed by atoms with van der Waals surface area (Å²) in [4.78, 5) is 14.3. The third kappa shape index (κ3) is 6.45. The number of amides is 1. The summed E-state index contributed by atoms with van der Waals surface area (Å²) in [5.41, 5.74) is 1.72. The van der Waals surface area contributed by atoms with E-state index in [-0.39, 0.29) is 23.4 Å². The number of benzene rings is 2. The Hall–Kier alpha value is -2.62. The maximum absolute atomic E-state index is 12.4. The Morgan fingerprint density at radius 2 is 1.79 bits per heavy atom. The van der Waals surface area contributed by atoms with Crippen molar-refractivity contribution in [1.82, 2.24) is 10.2 Å². The molecule has 0 aliphatic heterocycles. The lowest BCUT2D eigenvalue weighted by atomic mass is 10.1. The lowest BCUT2D eigenvalue weighted by Crippen LogP contribution is -2.36. The highest BCUT2D eigenvalue weighted by Crippen LogP contribution is 2.25. The number of nitrogens with two attached hydrogens (primary N) is 1. The molecule has 2 aromatic rings. The molecule has 0 spiro atoms. The van der Waals surface area contributed by atoms with E-state index in [4.69, 9.17) is 14.6 Å². The van der Waals surface area contributed by atoms with E-state index in [0.29, 0.717) is 18.0 Å². The Kier molecular flexibility index (Phi) is 7.60. The van der Waals surface area contributed by atoms with Gasteiger partial charge in [-0.3, -0.25) is 9.69 Å². The fraction of sp³-hybridized carbons (Fsp3) is 0.350. The van der Waals surface area contributed by atoms with Crippen LogP contribution < -0.4 is 19.9 Å². The first-order valence-corrected chi connectivity index (χ1v) is 10.5. The van der Waals surface area contributed by atoms with Gasteiger partial charge in [0.25, 0.3) is 0 Å². The quantitative estimate of drug-likeness (QED) is 0.637. The van der Waals surface area contributed by atoms with Gasteiger partial charge in [0.1, 0.15) is 11.5 Å². The third-order valence-electron chi connectivity index (χ3n) is 4.43. The number of methoxy groups -OCH3 is 2. The summed E-state index contributed by atoms with van der Waals surface area (Å²) >= 11 is 0. The predicted octanol–water partition coefficient (Wildman–Crippen LogP) is 1.66. The van der Waals surface area contributed by atoms with E-state index in [1.807, 2.05) is 31.0 Å². The van der Waals surface area contributed by atoms with Gasteiger partial charge in [-0.15, -0.1) is 0 Å². The van der Waals surface area contributed by atoms with Gasteiger partial charge in [0.05, 0.1) is 31.7 Å². The zero-order valence-corrected chi connectivity index (χ0v) is 17.8. The maximum atomic E-state index is 12.4. The van der Waals surface area contributed by atoms with E-state index in [2.05, 4.69) is 5.32 Å². The molecule has 2 rings (SSSR count). The molecule has 0 radical (unpaired) electrons. The number of hydrogen-bond donors (Lipinski definition) is 2. The summed E-state index contributed by atoms with van der Waals surface area (Å²) in [6.07, 6.45) is 0. The molecule has 1 atom stereocenters. The topological polar surface area (TPSA) is 111 Å². The highest BCUT2D eigenvalue weighted by atomic mass is 32.2. The van der Waals surface area contributed by atoms with Crippen LogP contribution in [0.25, 0.3) is 0 Å². The number of carbonyl (C=O) groups is 1. The monoisotopic (exact) mass is 421 g/mol. The first-order chi connectivity index (χ1) is 13.6. The molecule has 1 amide bonds. The molecule has 3 N–H and O–H groups in total. The average molecular weight is 422 g/mol. The Bertz CT molecular complexity index is 945. The van der Waals surface area contributed by atoms with Gasteiger partial charge in [-0.25, -0.2) is 13.6 Å². The largest absolute Gasteiger partial charge is 0.497 e. The van der Waals surface area contributed by atoms with Crippen LogP contribution in [0.15, 0.2) is 47.4 Å². The van der Waals surface area contributed by atoms with Crippen molar-refractivity contribution in [3.05, 3.63) is 53.6 Å². The van der Waals surface area contributed by atoms with Crippen LogP contribution in [0.3, 0.4) is 0 Å². The van der Waals surface area contributed by atoms with E-state index in [1.54, 1.807) is 32.4 Å². The number of primary sulfonamides is 1. The second-order valence-electron chi connectivity index (χ2n) is 6.75. The van der Waals surface area contributed by atoms with Crippen LogP contribution in [0.1, 0.15) is 24.1 Å². The van der Waals surface area contributed by atoms with Crippen molar-refractivity contribution in [1.29, 1.82) is 0 Å². The molecule has 9 heteroatoms. The van der Waals surface area contributed by atoms with Gasteiger partial charge in [-0.05, 0) is 37.7 Å². The number of likely N-dealkylation sites (N-methyl/N-ethyl adjacent to an activating group) is 1. The van der Waals surface area contributed by atoms with Crippen molar-refractivity contribution in [2.45, 2.75) is 24.4 Å². The second-order valence-corrected chi connectivity index (χ2v) is 8.31. The summed E-state index contributed by atoms with van der Waals surface area (Å²) < 4.78 is 33.2. The number of rotatable bonds is 9. The molecule has 158 valence electrons. The van der Waals surface area contributed by atoms with E-state index in [9.17, 15) is 13.2 Å². The fourth-order valence-electron chi connectivity index (χ4n) is 2.89. The fourth-order valence-corrected chi connectivity index (χ4v) is 3.41. The summed E-state index contributed by atoms with van der Waals surface area (Å²) in [7, 11) is 1.29. The summed E-state index contributed by atoms with van der Waals surface area (Å²) in [5.74, 6) is 1.25. The van der Waals surface area contributed by atoms with Crippen LogP contribution in [0, 0.1) is 0 Å². The lowest BCUT2D eigenvalue weighted by Gasteiger charge is -2.20. The number of carbonyl (C=O) groups excluding carboxylic acids is 1. The zero-order chi connectivity index (χ0) is 21.6. The Morgan fingerprint density at radius 1 is 1.14 bits per heavy atom. The number of nitrogens with one attached hydrogen (secondary N) is 1. The zero-order valence-electron chi connectivity index (χ0n) is 17.0. The van der Waals surface area contributed by atoms with Gasteiger partial charge in [0, 0.05) is 18.2 Å². The standard InChI is InChI=1S/C20H27N3O5S/c1-14(15-6-9-18(10-7-15)29(21,25)26)22-20(24)13-23(2)12-16-5-8-17(27-3)11-19(16)28-4/h5-11,14H,12-13H2,1-4H3,(H,22,24)(H2,21,25,26)/t14-/m1/s1. The van der Waals surface area contributed by atoms with Gasteiger partial charge in [0.2, 0.25) is 15.9 Å². The third-order valence-corrected chi connectivity index (χ3v) is 5.36. The van der Waals surface area contributed by atoms with Crippen LogP contribution in [0.4, 0.5) is 0 Å². The molecule has 29 heavy (non-hydrogen) atoms. The van der Waals surface area contributed by atoms with E-state index < -0.39 is 10.0 Å². The van der Waals surface area contributed by atoms with Crippen molar-refractivity contribution in [3.63, 3.8) is 0 Å². The number of hydrogen-bond acceptors (Lipinski definition) is 6. The predicted molar refractivity (Wildman–Crippen MR) is 110 cm³/mol. The van der Waals surface area contributed by atoms with E-state index >= 15 is 0 Å². The van der Waals surface area contributed by atoms with Crippen LogP contribution in [-0.4, -0.2) is 47.0 Å². The van der Waals surface area contributed by atoms with Crippen molar-refractivity contribution in [2.75, 3.05) is 27.8 Å². The van der Waals surface area contributed by atoms with Gasteiger partial charge < -0.3 is 14.8 Å². The molecule has 0 aromatic heterocycles. The average Bonchev–Trinajstić information content (AvgIpc) is 2.67. The molecule has 0 unspecified atom stereocenters. The number of nitrogens with zero attached hydrogens (tertiary/aromatic N) is 1. The molecule has 0 fully saturated rings. The van der Waals surface area contributed by atoms with Crippen molar-refractivity contribution >= 4 is 15.9 Å². The van der Waals surface area contributed by atoms with Crippen LogP contribution >= 0.6 is 0 Å². The van der Waals surface area contributed by atoms with Gasteiger partial charge >= 0.3 is 0 Å². The Labute approximate surface area is 171 Å². The summed E-state index contributed by atoms with van der Waals surface area (Å²) in [6, 6.07) is 11.4. The van der Waals surface area contributed by atoms with Crippen molar-refractivity contribution in [3.8, 4) is 11.5 Å². The molecule has 8 nitrogen and oxygen atoms in total. The van der Waals surface area contributed by atoms with Crippen molar-refractivity contribution in [2.24, 2.45) is 5.14 Å². The van der Waals surface area contributed by atoms with E-state index in [1.165, 1.54) is 12.1 Å². The molecule has 0 saturated heterocycles. The van der Waals surface area contributed by atoms with Crippen molar-refractivity contribution < 1.29 is 22.7 Å². The highest BCUT2D eigenvalue weighted by molar-refractivity contribution is 7.89. The molecular formula is C20H27N3O5S. The molecule has 0 heterocycles. The van der Waals surface area contributed by atoms with Gasteiger partial charge in [0.15, 0.2) is 0 Å². The van der Waals surface area contributed by atoms with Crippen LogP contribution in [-0.2, 0) is 21.4 Å². The second kappa shape index (κ2) is 9.73. The molecular weight excluding hydrogens is 394 g/mol. The minimum Gasteiger partial charge on any atom is -0.497 e. The lowest BCUT2D eigenvalue weighted by molar-refractivity contribution is -0.122.